The van der Waals surface area contributed by atoms with Crippen molar-refractivity contribution in [2.24, 2.45) is 5.41 Å². The molecular weight excluding hydrogens is 336 g/mol. The number of pyridine rings is 2. The lowest BCUT2D eigenvalue weighted by Gasteiger charge is -2.37. The quantitative estimate of drug-likeness (QED) is 0.852. The molecular formula is C22H28N4O. The Bertz CT molecular complexity index is 808. The van der Waals surface area contributed by atoms with E-state index in [1.807, 2.05) is 25.3 Å². The van der Waals surface area contributed by atoms with Crippen molar-refractivity contribution in [1.29, 1.82) is 5.26 Å². The molecule has 2 aromatic rings. The van der Waals surface area contributed by atoms with Crippen LogP contribution in [0.5, 0.6) is 0 Å². The maximum atomic E-state index is 10.2. The second-order valence-electron chi connectivity index (χ2n) is 8.23. The van der Waals surface area contributed by atoms with E-state index in [9.17, 15) is 5.11 Å². The number of aryl methyl sites for hydroxylation is 2. The van der Waals surface area contributed by atoms with Gasteiger partial charge in [-0.2, -0.15) is 5.26 Å². The molecule has 1 aliphatic rings. The highest BCUT2D eigenvalue weighted by Gasteiger charge is 2.43. The average molecular weight is 364 g/mol. The maximum absolute atomic E-state index is 10.2. The fraction of sp³-hybridized carbons (Fsp3) is 0.500. The second kappa shape index (κ2) is 7.75. The molecule has 142 valence electrons. The third-order valence-corrected chi connectivity index (χ3v) is 6.05. The zero-order valence-electron chi connectivity index (χ0n) is 16.4. The van der Waals surface area contributed by atoms with Crippen LogP contribution < -0.4 is 0 Å². The largest absolute Gasteiger partial charge is 0.396 e. The van der Waals surface area contributed by atoms with E-state index in [-0.39, 0.29) is 17.6 Å². The summed E-state index contributed by atoms with van der Waals surface area (Å²) in [5, 5.41) is 19.1. The summed E-state index contributed by atoms with van der Waals surface area (Å²) < 4.78 is 0. The van der Waals surface area contributed by atoms with E-state index in [2.05, 4.69) is 46.9 Å². The number of aromatic nitrogens is 2. The zero-order valence-corrected chi connectivity index (χ0v) is 16.4. The Labute approximate surface area is 161 Å². The minimum Gasteiger partial charge on any atom is -0.396 e. The fourth-order valence-electron chi connectivity index (χ4n) is 3.87. The third kappa shape index (κ3) is 4.18. The van der Waals surface area contributed by atoms with E-state index in [0.717, 1.165) is 43.7 Å². The lowest BCUT2D eigenvalue weighted by atomic mass is 9.82. The van der Waals surface area contributed by atoms with Crippen LogP contribution in [0.2, 0.25) is 0 Å². The highest BCUT2D eigenvalue weighted by atomic mass is 16.3. The van der Waals surface area contributed by atoms with Crippen molar-refractivity contribution in [1.82, 2.24) is 14.9 Å². The summed E-state index contributed by atoms with van der Waals surface area (Å²) in [6.07, 6.45) is 6.26. The molecule has 5 nitrogen and oxygen atoms in total. The van der Waals surface area contributed by atoms with Gasteiger partial charge in [-0.1, -0.05) is 6.07 Å². The number of nitriles is 1. The molecule has 3 heterocycles. The van der Waals surface area contributed by atoms with Crippen molar-refractivity contribution < 1.29 is 5.11 Å². The van der Waals surface area contributed by atoms with Crippen LogP contribution in [0.25, 0.3) is 0 Å². The number of aliphatic hydroxyl groups excluding tert-OH is 1. The van der Waals surface area contributed by atoms with Gasteiger partial charge in [-0.05, 0) is 70.3 Å². The summed E-state index contributed by atoms with van der Waals surface area (Å²) in [5.74, 6) is 0. The fourth-order valence-corrected chi connectivity index (χ4v) is 3.87. The van der Waals surface area contributed by atoms with Gasteiger partial charge < -0.3 is 5.11 Å². The Kier molecular flexibility index (Phi) is 5.59. The van der Waals surface area contributed by atoms with Crippen molar-refractivity contribution in [3.05, 3.63) is 59.2 Å². The van der Waals surface area contributed by atoms with Gasteiger partial charge in [0, 0.05) is 47.9 Å². The van der Waals surface area contributed by atoms with Crippen molar-refractivity contribution in [2.75, 3.05) is 19.7 Å². The number of hydrogen-bond donors (Lipinski definition) is 1. The zero-order chi connectivity index (χ0) is 19.5. The van der Waals surface area contributed by atoms with Crippen molar-refractivity contribution in [2.45, 2.75) is 45.6 Å². The predicted molar refractivity (Wildman–Crippen MR) is 105 cm³/mol. The number of likely N-dealkylation sites (tertiary alicyclic amines) is 1. The normalized spacial score (nSPS) is 20.6. The molecule has 1 saturated heterocycles. The van der Waals surface area contributed by atoms with Crippen molar-refractivity contribution >= 4 is 0 Å². The Hall–Kier alpha value is -2.29. The summed E-state index contributed by atoms with van der Waals surface area (Å²) in [7, 11) is 0. The van der Waals surface area contributed by atoms with Crippen molar-refractivity contribution in [3.8, 4) is 6.07 Å². The molecule has 0 aliphatic carbocycles. The Morgan fingerprint density at radius 2 is 2.04 bits per heavy atom. The van der Waals surface area contributed by atoms with Gasteiger partial charge in [0.2, 0.25) is 0 Å². The molecule has 2 aromatic heterocycles. The van der Waals surface area contributed by atoms with Crippen LogP contribution in [-0.2, 0) is 12.0 Å². The lowest BCUT2D eigenvalue weighted by Crippen LogP contribution is -2.42. The van der Waals surface area contributed by atoms with Gasteiger partial charge in [0.05, 0.1) is 5.56 Å². The van der Waals surface area contributed by atoms with Gasteiger partial charge in [-0.25, -0.2) is 0 Å². The van der Waals surface area contributed by atoms with Crippen LogP contribution in [-0.4, -0.2) is 39.7 Å². The van der Waals surface area contributed by atoms with E-state index in [4.69, 9.17) is 5.26 Å². The topological polar surface area (TPSA) is 73.0 Å². The Balaban J connectivity index is 1.68. The van der Waals surface area contributed by atoms with Crippen LogP contribution in [0, 0.1) is 23.7 Å². The van der Waals surface area contributed by atoms with E-state index < -0.39 is 0 Å². The van der Waals surface area contributed by atoms with Crippen LogP contribution >= 0.6 is 0 Å². The number of nitrogens with zero attached hydrogens (tertiary/aromatic N) is 4. The SMILES string of the molecule is Cc1ccc(C(C)(C)N2CC[C@](CO)(CCc3ccc(C#N)cn3)C2)cn1. The molecule has 1 atom stereocenters. The summed E-state index contributed by atoms with van der Waals surface area (Å²) in [5.41, 5.74) is 3.56. The van der Waals surface area contributed by atoms with Gasteiger partial charge in [0.15, 0.2) is 0 Å². The van der Waals surface area contributed by atoms with Gasteiger partial charge >= 0.3 is 0 Å². The standard InChI is InChI=1S/C22H28N4O/c1-17-4-6-19(14-24-17)21(2,3)26-11-10-22(15-26,16-27)9-8-20-7-5-18(12-23)13-25-20/h4-7,13-14,27H,8-11,15-16H2,1-3H3/t22-/m1/s1. The molecule has 0 unspecified atom stereocenters. The van der Waals surface area contributed by atoms with E-state index in [1.165, 1.54) is 5.56 Å². The van der Waals surface area contributed by atoms with Crippen LogP contribution in [0.15, 0.2) is 36.7 Å². The van der Waals surface area contributed by atoms with E-state index >= 15 is 0 Å². The number of aliphatic hydroxyl groups is 1. The van der Waals surface area contributed by atoms with E-state index in [1.54, 1.807) is 6.20 Å². The summed E-state index contributed by atoms with van der Waals surface area (Å²) in [6, 6.07) is 10.0. The number of hydrogen-bond acceptors (Lipinski definition) is 5. The first-order valence-electron chi connectivity index (χ1n) is 9.53. The van der Waals surface area contributed by atoms with Crippen molar-refractivity contribution in [3.63, 3.8) is 0 Å². The molecule has 0 amide bonds. The maximum Gasteiger partial charge on any atom is 0.101 e. The summed E-state index contributed by atoms with van der Waals surface area (Å²) >= 11 is 0. The Morgan fingerprint density at radius 1 is 1.22 bits per heavy atom. The molecule has 3 rings (SSSR count). The molecule has 5 heteroatoms. The molecule has 1 fully saturated rings. The number of rotatable bonds is 6. The summed E-state index contributed by atoms with van der Waals surface area (Å²) in [4.78, 5) is 11.3. The minimum atomic E-state index is -0.121. The third-order valence-electron chi connectivity index (χ3n) is 6.05. The van der Waals surface area contributed by atoms with Crippen LogP contribution in [0.1, 0.15) is 49.2 Å². The van der Waals surface area contributed by atoms with Gasteiger partial charge in [0.25, 0.3) is 0 Å². The van der Waals surface area contributed by atoms with Crippen LogP contribution in [0.3, 0.4) is 0 Å². The monoisotopic (exact) mass is 364 g/mol. The highest BCUT2D eigenvalue weighted by Crippen LogP contribution is 2.41. The first-order chi connectivity index (χ1) is 12.9. The van der Waals surface area contributed by atoms with Gasteiger partial charge in [-0.3, -0.25) is 14.9 Å². The Morgan fingerprint density at radius 3 is 2.63 bits per heavy atom. The lowest BCUT2D eigenvalue weighted by molar-refractivity contribution is 0.0868. The first-order valence-corrected chi connectivity index (χ1v) is 9.53. The van der Waals surface area contributed by atoms with Crippen LogP contribution in [0.4, 0.5) is 0 Å². The second-order valence-corrected chi connectivity index (χ2v) is 8.23. The molecule has 0 spiro atoms. The molecule has 0 saturated carbocycles. The minimum absolute atomic E-state index is 0.106. The molecule has 1 aliphatic heterocycles. The smallest absolute Gasteiger partial charge is 0.101 e. The van der Waals surface area contributed by atoms with E-state index in [0.29, 0.717) is 5.56 Å². The predicted octanol–water partition coefficient (Wildman–Crippen LogP) is 3.21. The first kappa shape index (κ1) is 19.5. The molecule has 27 heavy (non-hydrogen) atoms. The average Bonchev–Trinajstić information content (AvgIpc) is 3.13. The molecule has 0 aromatic carbocycles. The highest BCUT2D eigenvalue weighted by molar-refractivity contribution is 5.26. The van der Waals surface area contributed by atoms with Gasteiger partial charge in [-0.15, -0.1) is 0 Å². The molecule has 0 radical (unpaired) electrons. The molecule has 0 bridgehead atoms. The van der Waals surface area contributed by atoms with Gasteiger partial charge in [0.1, 0.15) is 6.07 Å². The molecule has 1 N–H and O–H groups in total. The summed E-state index contributed by atoms with van der Waals surface area (Å²) in [6.45, 7) is 8.47.